The number of rotatable bonds is 3. The summed E-state index contributed by atoms with van der Waals surface area (Å²) in [4.78, 5) is 27.9. The Labute approximate surface area is 126 Å². The first kappa shape index (κ1) is 13.2. The van der Waals surface area contributed by atoms with Crippen LogP contribution in [0.1, 0.15) is 29.6 Å². The van der Waals surface area contributed by atoms with Crippen LogP contribution in [0.2, 0.25) is 0 Å². The molecular formula is C15H17N5O2. The lowest BCUT2D eigenvalue weighted by atomic mass is 9.71. The van der Waals surface area contributed by atoms with Crippen molar-refractivity contribution in [1.82, 2.24) is 20.5 Å². The average molecular weight is 299 g/mol. The Morgan fingerprint density at radius 3 is 3.00 bits per heavy atom. The molecule has 2 heterocycles. The molecule has 0 aromatic carbocycles. The highest BCUT2D eigenvalue weighted by atomic mass is 16.2. The van der Waals surface area contributed by atoms with Gasteiger partial charge in [-0.1, -0.05) is 0 Å². The maximum absolute atomic E-state index is 12.5. The minimum Gasteiger partial charge on any atom is -0.369 e. The second kappa shape index (κ2) is 4.79. The minimum absolute atomic E-state index is 0.0293. The number of pyridine rings is 1. The van der Waals surface area contributed by atoms with Crippen molar-refractivity contribution in [1.29, 1.82) is 0 Å². The molecule has 0 aliphatic heterocycles. The molecule has 2 aromatic heterocycles. The lowest BCUT2D eigenvalue weighted by Crippen LogP contribution is -2.50. The molecule has 114 valence electrons. The number of nitrogens with two attached hydrogens (primary N) is 1. The zero-order valence-corrected chi connectivity index (χ0v) is 12.0. The van der Waals surface area contributed by atoms with Crippen LogP contribution in [0.3, 0.4) is 0 Å². The molecular weight excluding hydrogens is 282 g/mol. The van der Waals surface area contributed by atoms with E-state index in [2.05, 4.69) is 20.5 Å². The Kier molecular flexibility index (Phi) is 2.88. The summed E-state index contributed by atoms with van der Waals surface area (Å²) in [7, 11) is 0. The molecule has 2 amide bonds. The van der Waals surface area contributed by atoms with Gasteiger partial charge in [-0.25, -0.2) is 4.98 Å². The molecule has 7 nitrogen and oxygen atoms in total. The van der Waals surface area contributed by atoms with Crippen molar-refractivity contribution in [2.75, 3.05) is 0 Å². The Balaban J connectivity index is 1.48. The maximum Gasteiger partial charge on any atom is 0.252 e. The Bertz CT molecular complexity index is 755. The van der Waals surface area contributed by atoms with Crippen LogP contribution in [0, 0.1) is 17.8 Å². The minimum atomic E-state index is -0.214. The molecule has 2 saturated carbocycles. The van der Waals surface area contributed by atoms with Gasteiger partial charge in [0.1, 0.15) is 0 Å². The van der Waals surface area contributed by atoms with Gasteiger partial charge >= 0.3 is 0 Å². The SMILES string of the molecule is NC(=O)C1CC2CC(NC(=O)c3ccnc4[nH]ncc34)C2C1. The first-order valence-corrected chi connectivity index (χ1v) is 7.51. The van der Waals surface area contributed by atoms with Crippen LogP contribution in [0.4, 0.5) is 0 Å². The number of carbonyl (C=O) groups is 2. The van der Waals surface area contributed by atoms with Gasteiger partial charge in [0.25, 0.3) is 5.91 Å². The van der Waals surface area contributed by atoms with E-state index in [9.17, 15) is 9.59 Å². The molecule has 7 heteroatoms. The molecule has 4 unspecified atom stereocenters. The first-order valence-electron chi connectivity index (χ1n) is 7.51. The van der Waals surface area contributed by atoms with E-state index in [1.54, 1.807) is 18.5 Å². The zero-order valence-electron chi connectivity index (χ0n) is 12.0. The highest BCUT2D eigenvalue weighted by molar-refractivity contribution is 6.05. The van der Waals surface area contributed by atoms with Gasteiger partial charge in [0.2, 0.25) is 5.91 Å². The van der Waals surface area contributed by atoms with Crippen molar-refractivity contribution in [3.8, 4) is 0 Å². The largest absolute Gasteiger partial charge is 0.369 e. The van der Waals surface area contributed by atoms with E-state index in [1.165, 1.54) is 0 Å². The number of H-pyrrole nitrogens is 1. The summed E-state index contributed by atoms with van der Waals surface area (Å²) >= 11 is 0. The number of nitrogens with zero attached hydrogens (tertiary/aromatic N) is 2. The molecule has 0 saturated heterocycles. The Hall–Kier alpha value is -2.44. The fourth-order valence-electron chi connectivity index (χ4n) is 3.92. The number of amides is 2. The number of carbonyl (C=O) groups excluding carboxylic acids is 2. The van der Waals surface area contributed by atoms with Crippen molar-refractivity contribution in [2.24, 2.45) is 23.5 Å². The fraction of sp³-hybridized carbons (Fsp3) is 0.467. The van der Waals surface area contributed by atoms with Crippen LogP contribution < -0.4 is 11.1 Å². The summed E-state index contributed by atoms with van der Waals surface area (Å²) in [6.45, 7) is 0. The molecule has 0 bridgehead atoms. The van der Waals surface area contributed by atoms with E-state index in [0.29, 0.717) is 23.0 Å². The number of hydrogen-bond donors (Lipinski definition) is 3. The van der Waals surface area contributed by atoms with Crippen LogP contribution in [0.5, 0.6) is 0 Å². The van der Waals surface area contributed by atoms with Crippen molar-refractivity contribution in [2.45, 2.75) is 25.3 Å². The molecule has 2 aliphatic rings. The zero-order chi connectivity index (χ0) is 15.3. The summed E-state index contributed by atoms with van der Waals surface area (Å²) in [6, 6.07) is 1.83. The van der Waals surface area contributed by atoms with Gasteiger partial charge in [0.05, 0.1) is 17.1 Å². The highest BCUT2D eigenvalue weighted by Crippen LogP contribution is 2.49. The van der Waals surface area contributed by atoms with Gasteiger partial charge in [-0.15, -0.1) is 0 Å². The van der Waals surface area contributed by atoms with Gasteiger partial charge in [-0.3, -0.25) is 14.7 Å². The third-order valence-corrected chi connectivity index (χ3v) is 5.14. The standard InChI is InChI=1S/C15H17N5O2/c16-13(21)8-3-7-5-12(10(7)4-8)19-15(22)9-1-2-17-14-11(9)6-18-20-14/h1-2,6-8,10,12H,3-5H2,(H2,16,21)(H,19,22)(H,17,18,20). The number of aromatic nitrogens is 3. The molecule has 4 rings (SSSR count). The van der Waals surface area contributed by atoms with Gasteiger partial charge in [-0.05, 0) is 37.2 Å². The normalized spacial score (nSPS) is 29.8. The van der Waals surface area contributed by atoms with Crippen molar-refractivity contribution < 1.29 is 9.59 Å². The predicted octanol–water partition coefficient (Wildman–Crippen LogP) is 0.588. The van der Waals surface area contributed by atoms with E-state index >= 15 is 0 Å². The summed E-state index contributed by atoms with van der Waals surface area (Å²) in [5.41, 5.74) is 6.58. The lowest BCUT2D eigenvalue weighted by Gasteiger charge is -2.40. The Morgan fingerprint density at radius 2 is 2.18 bits per heavy atom. The summed E-state index contributed by atoms with van der Waals surface area (Å²) in [5.74, 6) is 0.546. The summed E-state index contributed by atoms with van der Waals surface area (Å²) < 4.78 is 0. The third kappa shape index (κ3) is 1.96. The van der Waals surface area contributed by atoms with Crippen LogP contribution in [-0.4, -0.2) is 33.0 Å². The van der Waals surface area contributed by atoms with E-state index in [1.807, 2.05) is 0 Å². The summed E-state index contributed by atoms with van der Waals surface area (Å²) in [5, 5.41) is 10.5. The van der Waals surface area contributed by atoms with Crippen LogP contribution in [-0.2, 0) is 4.79 Å². The number of primary amides is 1. The molecule has 22 heavy (non-hydrogen) atoms. The monoisotopic (exact) mass is 299 g/mol. The summed E-state index contributed by atoms with van der Waals surface area (Å²) in [6.07, 6.45) is 5.80. The van der Waals surface area contributed by atoms with Gasteiger partial charge in [0, 0.05) is 18.2 Å². The topological polar surface area (TPSA) is 114 Å². The first-order chi connectivity index (χ1) is 10.6. The number of hydrogen-bond acceptors (Lipinski definition) is 4. The van der Waals surface area contributed by atoms with E-state index < -0.39 is 0 Å². The molecule has 2 fully saturated rings. The third-order valence-electron chi connectivity index (χ3n) is 5.14. The van der Waals surface area contributed by atoms with E-state index in [-0.39, 0.29) is 23.8 Å². The maximum atomic E-state index is 12.5. The van der Waals surface area contributed by atoms with Crippen LogP contribution >= 0.6 is 0 Å². The second-order valence-electron chi connectivity index (χ2n) is 6.30. The number of nitrogens with one attached hydrogen (secondary N) is 2. The van der Waals surface area contributed by atoms with Crippen LogP contribution in [0.25, 0.3) is 11.0 Å². The van der Waals surface area contributed by atoms with Crippen LogP contribution in [0.15, 0.2) is 18.5 Å². The molecule has 0 spiro atoms. The van der Waals surface area contributed by atoms with Gasteiger partial charge in [-0.2, -0.15) is 5.10 Å². The lowest BCUT2D eigenvalue weighted by molar-refractivity contribution is -0.121. The average Bonchev–Trinajstić information content (AvgIpc) is 3.08. The van der Waals surface area contributed by atoms with Crippen molar-refractivity contribution in [3.05, 3.63) is 24.0 Å². The molecule has 2 aromatic rings. The number of aromatic amines is 1. The highest BCUT2D eigenvalue weighted by Gasteiger charge is 2.49. The van der Waals surface area contributed by atoms with Gasteiger partial charge in [0.15, 0.2) is 5.65 Å². The number of fused-ring (bicyclic) bond motifs is 2. The van der Waals surface area contributed by atoms with Crippen molar-refractivity contribution >= 4 is 22.8 Å². The quantitative estimate of drug-likeness (QED) is 0.769. The molecule has 4 N–H and O–H groups in total. The second-order valence-corrected chi connectivity index (χ2v) is 6.30. The smallest absolute Gasteiger partial charge is 0.252 e. The van der Waals surface area contributed by atoms with E-state index in [0.717, 1.165) is 24.6 Å². The molecule has 2 aliphatic carbocycles. The predicted molar refractivity (Wildman–Crippen MR) is 78.7 cm³/mol. The fourth-order valence-corrected chi connectivity index (χ4v) is 3.92. The molecule has 4 atom stereocenters. The van der Waals surface area contributed by atoms with E-state index in [4.69, 9.17) is 5.73 Å². The van der Waals surface area contributed by atoms with Gasteiger partial charge < -0.3 is 11.1 Å². The van der Waals surface area contributed by atoms with Crippen molar-refractivity contribution in [3.63, 3.8) is 0 Å². The molecule has 0 radical (unpaired) electrons. The Morgan fingerprint density at radius 1 is 1.32 bits per heavy atom.